The van der Waals surface area contributed by atoms with E-state index in [1.54, 1.807) is 23.1 Å². The molecular formula is C22H27FN2O2. The van der Waals surface area contributed by atoms with E-state index in [4.69, 9.17) is 0 Å². The van der Waals surface area contributed by atoms with Crippen molar-refractivity contribution >= 4 is 17.5 Å². The van der Waals surface area contributed by atoms with E-state index < -0.39 is 0 Å². The third-order valence-electron chi connectivity index (χ3n) is 4.42. The minimum Gasteiger partial charge on any atom is -0.354 e. The first kappa shape index (κ1) is 20.6. The second kappa shape index (κ2) is 10.5. The lowest BCUT2D eigenvalue weighted by Crippen LogP contribution is -2.39. The van der Waals surface area contributed by atoms with Crippen LogP contribution in [-0.2, 0) is 4.79 Å². The minimum absolute atomic E-state index is 0.00848. The second-order valence-corrected chi connectivity index (χ2v) is 6.56. The molecule has 0 saturated heterocycles. The Labute approximate surface area is 160 Å². The molecule has 0 saturated carbocycles. The molecule has 0 unspecified atom stereocenters. The SMILES string of the molecule is CCCCCC(=O)NCCN(C(=O)c1ccccc1C)c1ccc(F)cc1. The molecule has 2 aromatic carbocycles. The molecule has 5 heteroatoms. The van der Waals surface area contributed by atoms with Crippen molar-refractivity contribution in [1.29, 1.82) is 0 Å². The van der Waals surface area contributed by atoms with Gasteiger partial charge in [0.25, 0.3) is 5.91 Å². The molecule has 0 spiro atoms. The quantitative estimate of drug-likeness (QED) is 0.662. The van der Waals surface area contributed by atoms with Crippen LogP contribution in [0, 0.1) is 12.7 Å². The molecule has 0 aliphatic heterocycles. The molecule has 0 heterocycles. The largest absolute Gasteiger partial charge is 0.354 e. The molecule has 2 amide bonds. The summed E-state index contributed by atoms with van der Waals surface area (Å²) < 4.78 is 13.3. The maximum absolute atomic E-state index is 13.3. The molecule has 0 fully saturated rings. The first-order valence-electron chi connectivity index (χ1n) is 9.42. The Kier molecular flexibility index (Phi) is 7.99. The number of halogens is 1. The van der Waals surface area contributed by atoms with E-state index in [0.29, 0.717) is 30.8 Å². The smallest absolute Gasteiger partial charge is 0.258 e. The maximum atomic E-state index is 13.3. The molecule has 0 aromatic heterocycles. The number of nitrogens with one attached hydrogen (secondary N) is 1. The lowest BCUT2D eigenvalue weighted by Gasteiger charge is -2.24. The van der Waals surface area contributed by atoms with E-state index in [1.807, 2.05) is 25.1 Å². The fourth-order valence-electron chi connectivity index (χ4n) is 2.86. The molecule has 27 heavy (non-hydrogen) atoms. The number of hydrogen-bond acceptors (Lipinski definition) is 2. The average molecular weight is 370 g/mol. The Balaban J connectivity index is 2.09. The lowest BCUT2D eigenvalue weighted by atomic mass is 10.1. The summed E-state index contributed by atoms with van der Waals surface area (Å²) in [5.41, 5.74) is 2.07. The van der Waals surface area contributed by atoms with Gasteiger partial charge in [-0.2, -0.15) is 0 Å². The van der Waals surface area contributed by atoms with Gasteiger partial charge in [-0.05, 0) is 49.2 Å². The number of unbranched alkanes of at least 4 members (excludes halogenated alkanes) is 2. The van der Waals surface area contributed by atoms with Gasteiger partial charge in [-0.3, -0.25) is 9.59 Å². The van der Waals surface area contributed by atoms with Crippen LogP contribution in [0.15, 0.2) is 48.5 Å². The molecule has 0 atom stereocenters. The predicted octanol–water partition coefficient (Wildman–Crippen LogP) is 4.48. The van der Waals surface area contributed by atoms with E-state index in [0.717, 1.165) is 24.8 Å². The van der Waals surface area contributed by atoms with Crippen LogP contribution in [0.3, 0.4) is 0 Å². The van der Waals surface area contributed by atoms with Crippen LogP contribution in [0.1, 0.15) is 48.5 Å². The molecule has 144 valence electrons. The van der Waals surface area contributed by atoms with Crippen molar-refractivity contribution in [3.63, 3.8) is 0 Å². The summed E-state index contributed by atoms with van der Waals surface area (Å²) >= 11 is 0. The molecule has 2 aromatic rings. The fourth-order valence-corrected chi connectivity index (χ4v) is 2.86. The van der Waals surface area contributed by atoms with Crippen LogP contribution in [0.2, 0.25) is 0 Å². The summed E-state index contributed by atoms with van der Waals surface area (Å²) in [4.78, 5) is 26.5. The second-order valence-electron chi connectivity index (χ2n) is 6.56. The van der Waals surface area contributed by atoms with Crippen LogP contribution in [0.25, 0.3) is 0 Å². The van der Waals surface area contributed by atoms with E-state index in [9.17, 15) is 14.0 Å². The Morgan fingerprint density at radius 3 is 2.41 bits per heavy atom. The normalized spacial score (nSPS) is 10.5. The zero-order valence-electron chi connectivity index (χ0n) is 16.0. The molecular weight excluding hydrogens is 343 g/mol. The third kappa shape index (κ3) is 6.20. The van der Waals surface area contributed by atoms with E-state index in [1.165, 1.54) is 12.1 Å². The number of anilines is 1. The summed E-state index contributed by atoms with van der Waals surface area (Å²) in [5, 5.41) is 2.87. The standard InChI is InChI=1S/C22H27FN2O2/c1-3-4-5-10-21(26)24-15-16-25(19-13-11-18(23)12-14-19)22(27)20-9-7-6-8-17(20)2/h6-9,11-14H,3-5,10,15-16H2,1-2H3,(H,24,26). The maximum Gasteiger partial charge on any atom is 0.258 e. The highest BCUT2D eigenvalue weighted by Crippen LogP contribution is 2.19. The number of amides is 2. The van der Waals surface area contributed by atoms with Crippen molar-refractivity contribution in [2.24, 2.45) is 0 Å². The van der Waals surface area contributed by atoms with Gasteiger partial charge in [0.1, 0.15) is 5.82 Å². The van der Waals surface area contributed by atoms with E-state index >= 15 is 0 Å². The van der Waals surface area contributed by atoms with Crippen LogP contribution in [-0.4, -0.2) is 24.9 Å². The molecule has 4 nitrogen and oxygen atoms in total. The van der Waals surface area contributed by atoms with E-state index in [2.05, 4.69) is 12.2 Å². The van der Waals surface area contributed by atoms with Gasteiger partial charge in [-0.15, -0.1) is 0 Å². The van der Waals surface area contributed by atoms with Crippen molar-refractivity contribution < 1.29 is 14.0 Å². The Bertz CT molecular complexity index is 759. The van der Waals surface area contributed by atoms with Crippen LogP contribution in [0.4, 0.5) is 10.1 Å². The van der Waals surface area contributed by atoms with Crippen LogP contribution < -0.4 is 10.2 Å². The van der Waals surface area contributed by atoms with Gasteiger partial charge in [0, 0.05) is 30.8 Å². The van der Waals surface area contributed by atoms with E-state index in [-0.39, 0.29) is 17.6 Å². The number of carbonyl (C=O) groups excluding carboxylic acids is 2. The molecule has 2 rings (SSSR count). The van der Waals surface area contributed by atoms with Crippen LogP contribution in [0.5, 0.6) is 0 Å². The van der Waals surface area contributed by atoms with Gasteiger partial charge in [0.05, 0.1) is 0 Å². The van der Waals surface area contributed by atoms with Gasteiger partial charge in [0.2, 0.25) is 5.91 Å². The zero-order chi connectivity index (χ0) is 19.6. The monoisotopic (exact) mass is 370 g/mol. The summed E-state index contributed by atoms with van der Waals surface area (Å²) in [5.74, 6) is -0.531. The number of aryl methyl sites for hydroxylation is 1. The lowest BCUT2D eigenvalue weighted by molar-refractivity contribution is -0.121. The topological polar surface area (TPSA) is 49.4 Å². The van der Waals surface area contributed by atoms with Gasteiger partial charge < -0.3 is 10.2 Å². The first-order chi connectivity index (χ1) is 13.0. The zero-order valence-corrected chi connectivity index (χ0v) is 16.0. The number of hydrogen-bond donors (Lipinski definition) is 1. The Morgan fingerprint density at radius 1 is 1.04 bits per heavy atom. The molecule has 0 bridgehead atoms. The Hall–Kier alpha value is -2.69. The fraction of sp³-hybridized carbons (Fsp3) is 0.364. The van der Waals surface area contributed by atoms with Crippen LogP contribution >= 0.6 is 0 Å². The third-order valence-corrected chi connectivity index (χ3v) is 4.42. The summed E-state index contributed by atoms with van der Waals surface area (Å²) in [6.45, 7) is 4.64. The van der Waals surface area contributed by atoms with Crippen molar-refractivity contribution in [2.45, 2.75) is 39.5 Å². The predicted molar refractivity (Wildman–Crippen MR) is 106 cm³/mol. The highest BCUT2D eigenvalue weighted by atomic mass is 19.1. The highest BCUT2D eigenvalue weighted by molar-refractivity contribution is 6.07. The highest BCUT2D eigenvalue weighted by Gasteiger charge is 2.19. The number of rotatable bonds is 9. The summed E-state index contributed by atoms with van der Waals surface area (Å²) in [6.07, 6.45) is 3.46. The van der Waals surface area contributed by atoms with Gasteiger partial charge in [-0.25, -0.2) is 4.39 Å². The van der Waals surface area contributed by atoms with Gasteiger partial charge in [-0.1, -0.05) is 38.0 Å². The molecule has 0 aliphatic rings. The van der Waals surface area contributed by atoms with Gasteiger partial charge >= 0.3 is 0 Å². The first-order valence-corrected chi connectivity index (χ1v) is 9.42. The number of nitrogens with zero attached hydrogens (tertiary/aromatic N) is 1. The summed E-state index contributed by atoms with van der Waals surface area (Å²) in [7, 11) is 0. The van der Waals surface area contributed by atoms with Crippen molar-refractivity contribution in [3.05, 3.63) is 65.5 Å². The van der Waals surface area contributed by atoms with Crippen molar-refractivity contribution in [1.82, 2.24) is 5.32 Å². The van der Waals surface area contributed by atoms with Gasteiger partial charge in [0.15, 0.2) is 0 Å². The number of benzene rings is 2. The molecule has 0 radical (unpaired) electrons. The Morgan fingerprint density at radius 2 is 1.74 bits per heavy atom. The van der Waals surface area contributed by atoms with Crippen molar-refractivity contribution in [2.75, 3.05) is 18.0 Å². The summed E-state index contributed by atoms with van der Waals surface area (Å²) in [6, 6.07) is 13.2. The average Bonchev–Trinajstić information content (AvgIpc) is 2.66. The minimum atomic E-state index is -0.355. The van der Waals surface area contributed by atoms with Crippen molar-refractivity contribution in [3.8, 4) is 0 Å². The molecule has 0 aliphatic carbocycles. The number of carbonyl (C=O) groups is 2. The molecule has 1 N–H and O–H groups in total.